The van der Waals surface area contributed by atoms with Gasteiger partial charge in [0.05, 0.1) is 6.10 Å². The van der Waals surface area contributed by atoms with Crippen molar-refractivity contribution in [1.82, 2.24) is 20.5 Å². The van der Waals surface area contributed by atoms with Crippen LogP contribution in [0.3, 0.4) is 0 Å². The summed E-state index contributed by atoms with van der Waals surface area (Å²) in [6.07, 6.45) is 5.44. The maximum absolute atomic E-state index is 12.4. The van der Waals surface area contributed by atoms with Crippen LogP contribution in [0, 0.1) is 0 Å². The van der Waals surface area contributed by atoms with Gasteiger partial charge in [0, 0.05) is 41.2 Å². The zero-order valence-electron chi connectivity index (χ0n) is 17.2. The second-order valence-corrected chi connectivity index (χ2v) is 8.73. The number of nitrogens with one attached hydrogen (secondary N) is 3. The lowest BCUT2D eigenvalue weighted by Crippen LogP contribution is -2.45. The van der Waals surface area contributed by atoms with Gasteiger partial charge < -0.3 is 20.1 Å². The van der Waals surface area contributed by atoms with Crippen molar-refractivity contribution < 1.29 is 14.3 Å². The van der Waals surface area contributed by atoms with Crippen molar-refractivity contribution in [3.8, 4) is 5.88 Å². The van der Waals surface area contributed by atoms with Crippen molar-refractivity contribution >= 4 is 17.6 Å². The molecule has 29 heavy (non-hydrogen) atoms. The van der Waals surface area contributed by atoms with Gasteiger partial charge in [-0.05, 0) is 58.9 Å². The van der Waals surface area contributed by atoms with E-state index in [1.807, 2.05) is 39.0 Å². The zero-order chi connectivity index (χ0) is 20.4. The molecular weight excluding hydrogens is 370 g/mol. The van der Waals surface area contributed by atoms with Crippen LogP contribution in [0.4, 0.5) is 16.3 Å². The van der Waals surface area contributed by atoms with Gasteiger partial charge in [-0.1, -0.05) is 0 Å². The Hall–Kier alpha value is -2.77. The molecular formula is C21H29N5O3. The average Bonchev–Trinajstić information content (AvgIpc) is 3.29. The third-order valence-electron chi connectivity index (χ3n) is 5.64. The summed E-state index contributed by atoms with van der Waals surface area (Å²) < 4.78 is 11.7. The van der Waals surface area contributed by atoms with Crippen LogP contribution < -0.4 is 15.4 Å². The molecule has 1 fully saturated rings. The minimum absolute atomic E-state index is 0.0405. The van der Waals surface area contributed by atoms with E-state index in [0.29, 0.717) is 11.8 Å². The topological polar surface area (TPSA) is 101 Å². The van der Waals surface area contributed by atoms with Crippen LogP contribution in [0.1, 0.15) is 64.5 Å². The highest BCUT2D eigenvalue weighted by Crippen LogP contribution is 2.36. The molecule has 0 radical (unpaired) electrons. The number of nitrogens with zero attached hydrogens (tertiary/aromatic N) is 2. The molecule has 0 aromatic carbocycles. The van der Waals surface area contributed by atoms with Gasteiger partial charge in [-0.25, -0.2) is 9.78 Å². The number of hydrogen-bond acceptors (Lipinski definition) is 6. The maximum Gasteiger partial charge on any atom is 0.407 e. The van der Waals surface area contributed by atoms with Gasteiger partial charge in [0.1, 0.15) is 6.10 Å². The normalized spacial score (nSPS) is 26.9. The number of hydrogen-bond donors (Lipinski definition) is 3. The number of aromatic amines is 1. The Kier molecular flexibility index (Phi) is 5.34. The smallest absolute Gasteiger partial charge is 0.407 e. The molecule has 2 aliphatic rings. The Labute approximate surface area is 170 Å². The third-order valence-corrected chi connectivity index (χ3v) is 5.64. The predicted octanol–water partition coefficient (Wildman–Crippen LogP) is 4.25. The molecule has 0 unspecified atom stereocenters. The van der Waals surface area contributed by atoms with E-state index in [1.165, 1.54) is 0 Å². The van der Waals surface area contributed by atoms with Crippen LogP contribution in [-0.2, 0) is 4.74 Å². The first kappa shape index (κ1) is 19.5. The summed E-state index contributed by atoms with van der Waals surface area (Å²) in [7, 11) is 0. The number of H-pyrrole nitrogens is 1. The first-order valence-electron chi connectivity index (χ1n) is 10.3. The van der Waals surface area contributed by atoms with Gasteiger partial charge in [0.15, 0.2) is 5.82 Å². The lowest BCUT2D eigenvalue weighted by atomic mass is 9.97. The number of fused-ring (bicyclic) bond motifs is 7. The van der Waals surface area contributed by atoms with Gasteiger partial charge in [-0.2, -0.15) is 5.10 Å². The second-order valence-electron chi connectivity index (χ2n) is 8.73. The number of ether oxygens (including phenoxy) is 2. The molecule has 1 amide bonds. The molecule has 0 spiro atoms. The van der Waals surface area contributed by atoms with Crippen LogP contribution in [0.25, 0.3) is 0 Å². The van der Waals surface area contributed by atoms with Gasteiger partial charge in [0.2, 0.25) is 5.88 Å². The maximum atomic E-state index is 12.4. The van der Waals surface area contributed by atoms with E-state index in [-0.39, 0.29) is 23.8 Å². The van der Waals surface area contributed by atoms with Crippen LogP contribution in [-0.4, -0.2) is 39.0 Å². The molecule has 2 aromatic heterocycles. The van der Waals surface area contributed by atoms with E-state index in [0.717, 1.165) is 49.3 Å². The molecule has 2 aromatic rings. The van der Waals surface area contributed by atoms with Crippen molar-refractivity contribution in [3.63, 3.8) is 0 Å². The van der Waals surface area contributed by atoms with Crippen LogP contribution in [0.2, 0.25) is 0 Å². The number of pyridine rings is 1. The summed E-state index contributed by atoms with van der Waals surface area (Å²) >= 11 is 0. The number of carbonyl (C=O) groups excluding carboxylic acids is 1. The Morgan fingerprint density at radius 1 is 1.17 bits per heavy atom. The van der Waals surface area contributed by atoms with Crippen molar-refractivity contribution in [2.75, 3.05) is 5.32 Å². The van der Waals surface area contributed by atoms with Crippen molar-refractivity contribution in [2.45, 2.75) is 76.5 Å². The van der Waals surface area contributed by atoms with E-state index in [4.69, 9.17) is 9.47 Å². The van der Waals surface area contributed by atoms with Gasteiger partial charge >= 0.3 is 6.09 Å². The highest BCUT2D eigenvalue weighted by atomic mass is 16.6. The minimum Gasteiger partial charge on any atom is -0.475 e. The van der Waals surface area contributed by atoms with Crippen molar-refractivity contribution in [1.29, 1.82) is 0 Å². The third kappa shape index (κ3) is 4.99. The number of carbonyl (C=O) groups is 1. The first-order valence-corrected chi connectivity index (χ1v) is 10.3. The first-order chi connectivity index (χ1) is 13.9. The monoisotopic (exact) mass is 399 g/mol. The Morgan fingerprint density at radius 3 is 2.90 bits per heavy atom. The number of aromatic nitrogens is 3. The van der Waals surface area contributed by atoms with E-state index >= 15 is 0 Å². The van der Waals surface area contributed by atoms with E-state index in [1.54, 1.807) is 6.20 Å². The summed E-state index contributed by atoms with van der Waals surface area (Å²) in [5.74, 6) is 1.61. The van der Waals surface area contributed by atoms with Crippen LogP contribution in [0.15, 0.2) is 24.4 Å². The molecule has 8 heteroatoms. The summed E-state index contributed by atoms with van der Waals surface area (Å²) in [6.45, 7) is 6.02. The molecule has 156 valence electrons. The second kappa shape index (κ2) is 7.93. The quantitative estimate of drug-likeness (QED) is 0.612. The standard InChI is InChI=1S/C21H29N5O3/c1-13-6-8-21(2,3)24-20(27)29-16-5-4-14(10-16)17-12-18(26-25-17)23-15-7-9-22-19(11-15)28-13/h7,9,11-14,16H,4-6,8,10H2,1-3H3,(H,24,27)(H2,23,25,26)/t13-,14-,16+/m0/s1. The molecule has 4 rings (SSSR count). The van der Waals surface area contributed by atoms with Gasteiger partial charge in [0.25, 0.3) is 0 Å². The SMILES string of the molecule is C[C@H]1CCC(C)(C)NC(=O)O[C@@H]2CC[C@@H](C2)c2cc(n[nH]2)Nc2ccnc(c2)O1. The van der Waals surface area contributed by atoms with Crippen molar-refractivity contribution in [2.24, 2.45) is 0 Å². The number of alkyl carbamates (subject to hydrolysis) is 1. The molecule has 3 N–H and O–H groups in total. The summed E-state index contributed by atoms with van der Waals surface area (Å²) in [5, 5.41) is 13.8. The average molecular weight is 399 g/mol. The lowest BCUT2D eigenvalue weighted by molar-refractivity contribution is 0.0899. The molecule has 8 nitrogen and oxygen atoms in total. The Bertz CT molecular complexity index is 866. The number of anilines is 2. The molecule has 1 saturated carbocycles. The fourth-order valence-electron chi connectivity index (χ4n) is 3.99. The van der Waals surface area contributed by atoms with Crippen LogP contribution in [0.5, 0.6) is 5.88 Å². The molecule has 6 bridgehead atoms. The Morgan fingerprint density at radius 2 is 2.03 bits per heavy atom. The van der Waals surface area contributed by atoms with Gasteiger partial charge in [-0.3, -0.25) is 5.10 Å². The predicted molar refractivity (Wildman–Crippen MR) is 110 cm³/mol. The Balaban J connectivity index is 1.57. The molecule has 3 heterocycles. The lowest BCUT2D eigenvalue weighted by Gasteiger charge is -2.28. The number of amides is 1. The highest BCUT2D eigenvalue weighted by molar-refractivity contribution is 5.68. The van der Waals surface area contributed by atoms with E-state index in [9.17, 15) is 4.79 Å². The highest BCUT2D eigenvalue weighted by Gasteiger charge is 2.31. The van der Waals surface area contributed by atoms with Gasteiger partial charge in [-0.15, -0.1) is 0 Å². The molecule has 1 aliphatic heterocycles. The summed E-state index contributed by atoms with van der Waals surface area (Å²) in [4.78, 5) is 16.7. The number of rotatable bonds is 0. The summed E-state index contributed by atoms with van der Waals surface area (Å²) in [6, 6.07) is 5.78. The fraction of sp³-hybridized carbons (Fsp3) is 0.571. The van der Waals surface area contributed by atoms with Crippen molar-refractivity contribution in [3.05, 3.63) is 30.1 Å². The summed E-state index contributed by atoms with van der Waals surface area (Å²) in [5.41, 5.74) is 1.55. The zero-order valence-corrected chi connectivity index (χ0v) is 17.2. The largest absolute Gasteiger partial charge is 0.475 e. The molecule has 3 atom stereocenters. The van der Waals surface area contributed by atoms with E-state index < -0.39 is 0 Å². The van der Waals surface area contributed by atoms with Crippen LogP contribution >= 0.6 is 0 Å². The minimum atomic E-state index is -0.382. The molecule has 0 saturated heterocycles. The molecule has 1 aliphatic carbocycles. The van der Waals surface area contributed by atoms with E-state index in [2.05, 4.69) is 25.8 Å². The fourth-order valence-corrected chi connectivity index (χ4v) is 3.99.